The normalized spacial score (nSPS) is 10.2. The van der Waals surface area contributed by atoms with Crippen molar-refractivity contribution in [3.05, 3.63) is 63.9 Å². The Balaban J connectivity index is 1.80. The maximum atomic E-state index is 13.6. The highest BCUT2D eigenvalue weighted by Gasteiger charge is 2.16. The molecule has 0 aliphatic heterocycles. The molecule has 0 spiro atoms. The van der Waals surface area contributed by atoms with Gasteiger partial charge in [-0.15, -0.1) is 0 Å². The van der Waals surface area contributed by atoms with E-state index in [2.05, 4.69) is 10.6 Å². The molecule has 0 aromatic heterocycles. The second kappa shape index (κ2) is 9.14. The summed E-state index contributed by atoms with van der Waals surface area (Å²) in [5, 5.41) is 5.17. The molecular weight excluding hydrogens is 375 g/mol. The molecular formula is C19H18ClFN2O4. The summed E-state index contributed by atoms with van der Waals surface area (Å²) in [5.41, 5.74) is 2.23. The third-order valence-corrected chi connectivity index (χ3v) is 4.04. The van der Waals surface area contributed by atoms with Crippen molar-refractivity contribution in [2.75, 3.05) is 18.5 Å². The molecule has 0 radical (unpaired) electrons. The van der Waals surface area contributed by atoms with Crippen LogP contribution in [0, 0.1) is 19.7 Å². The third kappa shape index (κ3) is 5.79. The maximum Gasteiger partial charge on any atom is 0.341 e. The highest BCUT2D eigenvalue weighted by atomic mass is 35.5. The number of nitrogens with one attached hydrogen (secondary N) is 2. The first-order valence-corrected chi connectivity index (χ1v) is 8.40. The molecule has 27 heavy (non-hydrogen) atoms. The molecule has 0 unspecified atom stereocenters. The molecule has 0 fully saturated rings. The van der Waals surface area contributed by atoms with E-state index < -0.39 is 30.2 Å². The fraction of sp³-hybridized carbons (Fsp3) is 0.211. The van der Waals surface area contributed by atoms with Crippen molar-refractivity contribution in [3.8, 4) is 0 Å². The van der Waals surface area contributed by atoms with Crippen molar-refractivity contribution >= 4 is 35.1 Å². The fourth-order valence-corrected chi connectivity index (χ4v) is 2.35. The molecule has 2 amide bonds. The molecule has 0 bridgehead atoms. The second-order valence-corrected chi connectivity index (χ2v) is 6.21. The van der Waals surface area contributed by atoms with E-state index in [-0.39, 0.29) is 17.1 Å². The molecule has 2 rings (SSSR count). The zero-order valence-electron chi connectivity index (χ0n) is 14.8. The third-order valence-electron chi connectivity index (χ3n) is 3.81. The molecule has 8 heteroatoms. The van der Waals surface area contributed by atoms with Gasteiger partial charge in [0, 0.05) is 10.7 Å². The van der Waals surface area contributed by atoms with Gasteiger partial charge < -0.3 is 15.4 Å². The molecule has 0 aliphatic rings. The van der Waals surface area contributed by atoms with Gasteiger partial charge >= 0.3 is 5.97 Å². The van der Waals surface area contributed by atoms with Crippen LogP contribution < -0.4 is 10.6 Å². The average molecular weight is 393 g/mol. The topological polar surface area (TPSA) is 84.5 Å². The molecule has 142 valence electrons. The van der Waals surface area contributed by atoms with Crippen molar-refractivity contribution in [1.29, 1.82) is 0 Å². The average Bonchev–Trinajstić information content (AvgIpc) is 2.63. The molecule has 0 saturated carbocycles. The van der Waals surface area contributed by atoms with Gasteiger partial charge in [0.25, 0.3) is 5.91 Å². The second-order valence-electron chi connectivity index (χ2n) is 5.77. The van der Waals surface area contributed by atoms with Crippen LogP contribution in [-0.4, -0.2) is 30.9 Å². The SMILES string of the molecule is Cc1cccc(NC(=O)CNC(=O)COC(=O)c2cc(Cl)ccc2F)c1C. The van der Waals surface area contributed by atoms with Gasteiger partial charge in [-0.2, -0.15) is 0 Å². The lowest BCUT2D eigenvalue weighted by molar-refractivity contribution is -0.126. The van der Waals surface area contributed by atoms with Gasteiger partial charge in [0.1, 0.15) is 5.82 Å². The quantitative estimate of drug-likeness (QED) is 0.740. The Bertz CT molecular complexity index is 886. The number of carbonyl (C=O) groups excluding carboxylic acids is 3. The van der Waals surface area contributed by atoms with E-state index >= 15 is 0 Å². The minimum atomic E-state index is -1.02. The summed E-state index contributed by atoms with van der Waals surface area (Å²) in [4.78, 5) is 35.4. The summed E-state index contributed by atoms with van der Waals surface area (Å²) in [5.74, 6) is -2.95. The van der Waals surface area contributed by atoms with Crippen LogP contribution in [0.4, 0.5) is 10.1 Å². The first-order valence-electron chi connectivity index (χ1n) is 8.03. The van der Waals surface area contributed by atoms with Crippen LogP contribution in [0.3, 0.4) is 0 Å². The number of hydrogen-bond acceptors (Lipinski definition) is 4. The van der Waals surface area contributed by atoms with Crippen LogP contribution in [0.15, 0.2) is 36.4 Å². The minimum Gasteiger partial charge on any atom is -0.452 e. The smallest absolute Gasteiger partial charge is 0.341 e. The van der Waals surface area contributed by atoms with Gasteiger partial charge in [0.05, 0.1) is 12.1 Å². The molecule has 0 atom stereocenters. The van der Waals surface area contributed by atoms with Crippen molar-refractivity contribution in [1.82, 2.24) is 5.32 Å². The lowest BCUT2D eigenvalue weighted by Crippen LogP contribution is -2.35. The number of ether oxygens (including phenoxy) is 1. The lowest BCUT2D eigenvalue weighted by atomic mass is 10.1. The maximum absolute atomic E-state index is 13.6. The van der Waals surface area contributed by atoms with E-state index in [1.165, 1.54) is 6.07 Å². The van der Waals surface area contributed by atoms with Gasteiger partial charge in [-0.05, 0) is 49.2 Å². The number of amides is 2. The van der Waals surface area contributed by atoms with Crippen LogP contribution in [-0.2, 0) is 14.3 Å². The van der Waals surface area contributed by atoms with Gasteiger partial charge in [-0.1, -0.05) is 23.7 Å². The molecule has 2 N–H and O–H groups in total. The van der Waals surface area contributed by atoms with Gasteiger partial charge in [-0.25, -0.2) is 9.18 Å². The van der Waals surface area contributed by atoms with E-state index in [0.717, 1.165) is 23.3 Å². The van der Waals surface area contributed by atoms with Gasteiger partial charge in [0.15, 0.2) is 6.61 Å². The number of esters is 1. The molecule has 0 saturated heterocycles. The Morgan fingerprint density at radius 1 is 1.11 bits per heavy atom. The Labute approximate surface area is 160 Å². The van der Waals surface area contributed by atoms with Crippen molar-refractivity contribution in [3.63, 3.8) is 0 Å². The van der Waals surface area contributed by atoms with Crippen molar-refractivity contribution in [2.24, 2.45) is 0 Å². The number of benzene rings is 2. The van der Waals surface area contributed by atoms with Gasteiger partial charge in [0.2, 0.25) is 5.91 Å². The lowest BCUT2D eigenvalue weighted by Gasteiger charge is -2.11. The van der Waals surface area contributed by atoms with Crippen LogP contribution in [0.2, 0.25) is 5.02 Å². The van der Waals surface area contributed by atoms with Crippen molar-refractivity contribution in [2.45, 2.75) is 13.8 Å². The molecule has 0 aliphatic carbocycles. The monoisotopic (exact) mass is 392 g/mol. The summed E-state index contributed by atoms with van der Waals surface area (Å²) < 4.78 is 18.3. The van der Waals surface area contributed by atoms with Gasteiger partial charge in [-0.3, -0.25) is 9.59 Å². The molecule has 0 heterocycles. The van der Waals surface area contributed by atoms with E-state index in [0.29, 0.717) is 5.69 Å². The fourth-order valence-electron chi connectivity index (χ4n) is 2.17. The van der Waals surface area contributed by atoms with E-state index in [4.69, 9.17) is 16.3 Å². The first kappa shape index (κ1) is 20.4. The summed E-state index contributed by atoms with van der Waals surface area (Å²) in [7, 11) is 0. The number of carbonyl (C=O) groups is 3. The number of aryl methyl sites for hydroxylation is 1. The van der Waals surface area contributed by atoms with Crippen LogP contribution in [0.5, 0.6) is 0 Å². The highest BCUT2D eigenvalue weighted by Crippen LogP contribution is 2.18. The summed E-state index contributed by atoms with van der Waals surface area (Å²) in [6.07, 6.45) is 0. The van der Waals surface area contributed by atoms with E-state index in [1.807, 2.05) is 26.0 Å². The molecule has 2 aromatic carbocycles. The van der Waals surface area contributed by atoms with Crippen LogP contribution in [0.1, 0.15) is 21.5 Å². The predicted molar refractivity (Wildman–Crippen MR) is 99.2 cm³/mol. The number of hydrogen-bond donors (Lipinski definition) is 2. The number of anilines is 1. The first-order chi connectivity index (χ1) is 12.8. The standard InChI is InChI=1S/C19H18ClFN2O4/c1-11-4-3-5-16(12(11)2)23-17(24)9-22-18(25)10-27-19(26)14-8-13(20)6-7-15(14)21/h3-8H,9-10H2,1-2H3,(H,22,25)(H,23,24). The van der Waals surface area contributed by atoms with Crippen molar-refractivity contribution < 1.29 is 23.5 Å². The summed E-state index contributed by atoms with van der Waals surface area (Å²) in [6, 6.07) is 8.90. The zero-order valence-corrected chi connectivity index (χ0v) is 15.5. The van der Waals surface area contributed by atoms with Crippen LogP contribution in [0.25, 0.3) is 0 Å². The molecule has 2 aromatic rings. The molecule has 6 nitrogen and oxygen atoms in total. The summed E-state index contributed by atoms with van der Waals surface area (Å²) in [6.45, 7) is 2.85. The Morgan fingerprint density at radius 3 is 2.59 bits per heavy atom. The summed E-state index contributed by atoms with van der Waals surface area (Å²) >= 11 is 5.70. The predicted octanol–water partition coefficient (Wildman–Crippen LogP) is 3.01. The van der Waals surface area contributed by atoms with E-state index in [9.17, 15) is 18.8 Å². The van der Waals surface area contributed by atoms with E-state index in [1.54, 1.807) is 6.07 Å². The zero-order chi connectivity index (χ0) is 20.0. The largest absolute Gasteiger partial charge is 0.452 e. The number of rotatable bonds is 6. The Morgan fingerprint density at radius 2 is 1.85 bits per heavy atom. The van der Waals surface area contributed by atoms with Crippen LogP contribution >= 0.6 is 11.6 Å². The Kier molecular flexibility index (Phi) is 6.90. The number of halogens is 2. The highest BCUT2D eigenvalue weighted by molar-refractivity contribution is 6.30. The Hall–Kier alpha value is -2.93. The minimum absolute atomic E-state index is 0.163.